The van der Waals surface area contributed by atoms with Crippen molar-refractivity contribution in [2.24, 2.45) is 10.7 Å². The Bertz CT molecular complexity index is 597. The second-order valence-corrected chi connectivity index (χ2v) is 5.42. The highest BCUT2D eigenvalue weighted by Crippen LogP contribution is 2.14. The van der Waals surface area contributed by atoms with E-state index in [0.717, 1.165) is 16.9 Å². The van der Waals surface area contributed by atoms with Gasteiger partial charge in [-0.05, 0) is 37.1 Å². The lowest BCUT2D eigenvalue weighted by atomic mass is 10.2. The highest BCUT2D eigenvalue weighted by molar-refractivity contribution is 14.0. The third kappa shape index (κ3) is 7.36. The van der Waals surface area contributed by atoms with Gasteiger partial charge < -0.3 is 15.8 Å². The minimum Gasteiger partial charge on any atom is -0.489 e. The summed E-state index contributed by atoms with van der Waals surface area (Å²) < 4.78 is 5.75. The molecule has 0 saturated heterocycles. The summed E-state index contributed by atoms with van der Waals surface area (Å²) in [6.07, 6.45) is 0. The monoisotopic (exact) mass is 425 g/mol. The fourth-order valence-corrected chi connectivity index (χ4v) is 1.95. The molecule has 5 heteroatoms. The molecule has 2 rings (SSSR count). The van der Waals surface area contributed by atoms with Crippen molar-refractivity contribution in [3.8, 4) is 5.75 Å². The second-order valence-electron chi connectivity index (χ2n) is 5.42. The SMILES string of the molecule is CC(C)NC(N)=NCc1ccc(OCc2ccccc2)cc1.I. The first-order valence-electron chi connectivity index (χ1n) is 7.45. The van der Waals surface area contributed by atoms with Crippen LogP contribution >= 0.6 is 24.0 Å². The zero-order valence-electron chi connectivity index (χ0n) is 13.5. The zero-order chi connectivity index (χ0) is 15.8. The van der Waals surface area contributed by atoms with E-state index >= 15 is 0 Å². The molecule has 0 radical (unpaired) electrons. The highest BCUT2D eigenvalue weighted by atomic mass is 127. The zero-order valence-corrected chi connectivity index (χ0v) is 15.9. The van der Waals surface area contributed by atoms with E-state index in [2.05, 4.69) is 10.3 Å². The van der Waals surface area contributed by atoms with Crippen molar-refractivity contribution < 1.29 is 4.74 Å². The van der Waals surface area contributed by atoms with Crippen molar-refractivity contribution >= 4 is 29.9 Å². The van der Waals surface area contributed by atoms with Gasteiger partial charge in [-0.25, -0.2) is 4.99 Å². The first kappa shape index (κ1) is 19.3. The summed E-state index contributed by atoms with van der Waals surface area (Å²) in [4.78, 5) is 4.30. The van der Waals surface area contributed by atoms with Gasteiger partial charge >= 0.3 is 0 Å². The predicted molar refractivity (Wildman–Crippen MR) is 106 cm³/mol. The van der Waals surface area contributed by atoms with Crippen molar-refractivity contribution in [1.29, 1.82) is 0 Å². The molecule has 0 fully saturated rings. The lowest BCUT2D eigenvalue weighted by Crippen LogP contribution is -2.36. The van der Waals surface area contributed by atoms with Gasteiger partial charge in [-0.15, -0.1) is 24.0 Å². The smallest absolute Gasteiger partial charge is 0.189 e. The molecular weight excluding hydrogens is 401 g/mol. The maximum Gasteiger partial charge on any atom is 0.189 e. The molecular formula is C18H24IN3O. The van der Waals surface area contributed by atoms with E-state index in [-0.39, 0.29) is 30.0 Å². The third-order valence-corrected chi connectivity index (χ3v) is 3.04. The van der Waals surface area contributed by atoms with Crippen LogP contribution < -0.4 is 15.8 Å². The van der Waals surface area contributed by atoms with Crippen molar-refractivity contribution in [2.75, 3.05) is 0 Å². The van der Waals surface area contributed by atoms with Gasteiger partial charge in [-0.1, -0.05) is 42.5 Å². The lowest BCUT2D eigenvalue weighted by Gasteiger charge is -2.09. The summed E-state index contributed by atoms with van der Waals surface area (Å²) in [5, 5.41) is 3.07. The van der Waals surface area contributed by atoms with E-state index in [4.69, 9.17) is 10.5 Å². The van der Waals surface area contributed by atoms with Gasteiger partial charge in [0.25, 0.3) is 0 Å². The molecule has 0 aliphatic carbocycles. The van der Waals surface area contributed by atoms with E-state index in [1.807, 2.05) is 68.4 Å². The number of nitrogens with one attached hydrogen (secondary N) is 1. The molecule has 3 N–H and O–H groups in total. The van der Waals surface area contributed by atoms with Gasteiger partial charge in [-0.2, -0.15) is 0 Å². The molecule has 0 spiro atoms. The average molecular weight is 425 g/mol. The number of aliphatic imine (C=N–C) groups is 1. The van der Waals surface area contributed by atoms with Crippen LogP contribution in [0.5, 0.6) is 5.75 Å². The van der Waals surface area contributed by atoms with Gasteiger partial charge in [0.15, 0.2) is 5.96 Å². The van der Waals surface area contributed by atoms with Gasteiger partial charge in [0.1, 0.15) is 12.4 Å². The first-order valence-corrected chi connectivity index (χ1v) is 7.45. The summed E-state index contributed by atoms with van der Waals surface area (Å²) >= 11 is 0. The van der Waals surface area contributed by atoms with E-state index < -0.39 is 0 Å². The third-order valence-electron chi connectivity index (χ3n) is 3.04. The van der Waals surface area contributed by atoms with Crippen molar-refractivity contribution in [3.63, 3.8) is 0 Å². The van der Waals surface area contributed by atoms with Gasteiger partial charge in [0, 0.05) is 6.04 Å². The van der Waals surface area contributed by atoms with Crippen LogP contribution in [0.2, 0.25) is 0 Å². The minimum absolute atomic E-state index is 0. The lowest BCUT2D eigenvalue weighted by molar-refractivity contribution is 0.306. The molecule has 23 heavy (non-hydrogen) atoms. The van der Waals surface area contributed by atoms with Crippen molar-refractivity contribution in [1.82, 2.24) is 5.32 Å². The van der Waals surface area contributed by atoms with Crippen LogP contribution in [0.15, 0.2) is 59.6 Å². The molecule has 0 amide bonds. The standard InChI is InChI=1S/C18H23N3O.HI/c1-14(2)21-18(19)20-12-15-8-10-17(11-9-15)22-13-16-6-4-3-5-7-16;/h3-11,14H,12-13H2,1-2H3,(H3,19,20,21);1H. The van der Waals surface area contributed by atoms with Crippen LogP contribution in [0.1, 0.15) is 25.0 Å². The Morgan fingerprint density at radius 2 is 1.70 bits per heavy atom. The first-order chi connectivity index (χ1) is 10.6. The predicted octanol–water partition coefficient (Wildman–Crippen LogP) is 3.70. The topological polar surface area (TPSA) is 59.6 Å². The van der Waals surface area contributed by atoms with Crippen molar-refractivity contribution in [2.45, 2.75) is 33.0 Å². The Hall–Kier alpha value is -1.76. The number of hydrogen-bond acceptors (Lipinski definition) is 2. The van der Waals surface area contributed by atoms with E-state index in [1.165, 1.54) is 0 Å². The molecule has 0 saturated carbocycles. The van der Waals surface area contributed by atoms with Gasteiger partial charge in [0.05, 0.1) is 6.54 Å². The minimum atomic E-state index is 0. The molecule has 2 aromatic carbocycles. The number of ether oxygens (including phenoxy) is 1. The fraction of sp³-hybridized carbons (Fsp3) is 0.278. The number of halogens is 1. The van der Waals surface area contributed by atoms with Crippen molar-refractivity contribution in [3.05, 3.63) is 65.7 Å². The van der Waals surface area contributed by atoms with Crippen LogP contribution in [0.3, 0.4) is 0 Å². The van der Waals surface area contributed by atoms with E-state index in [0.29, 0.717) is 19.1 Å². The Morgan fingerprint density at radius 1 is 1.04 bits per heavy atom. The van der Waals surface area contributed by atoms with E-state index in [9.17, 15) is 0 Å². The number of guanidine groups is 1. The van der Waals surface area contributed by atoms with Gasteiger partial charge in [-0.3, -0.25) is 0 Å². The summed E-state index contributed by atoms with van der Waals surface area (Å²) in [7, 11) is 0. The molecule has 4 nitrogen and oxygen atoms in total. The van der Waals surface area contributed by atoms with Crippen LogP contribution in [0.4, 0.5) is 0 Å². The Labute approximate surface area is 155 Å². The number of benzene rings is 2. The quantitative estimate of drug-likeness (QED) is 0.422. The maximum atomic E-state index is 5.78. The number of nitrogens with two attached hydrogens (primary N) is 1. The largest absolute Gasteiger partial charge is 0.489 e. The van der Waals surface area contributed by atoms with Crippen LogP contribution in [-0.4, -0.2) is 12.0 Å². The molecule has 0 aliphatic heterocycles. The Balaban J connectivity index is 0.00000264. The fourth-order valence-electron chi connectivity index (χ4n) is 1.95. The van der Waals surface area contributed by atoms with Crippen LogP contribution in [0, 0.1) is 0 Å². The molecule has 0 aromatic heterocycles. The molecule has 0 atom stereocenters. The summed E-state index contributed by atoms with van der Waals surface area (Å²) in [5.41, 5.74) is 8.03. The van der Waals surface area contributed by atoms with Crippen LogP contribution in [-0.2, 0) is 13.2 Å². The van der Waals surface area contributed by atoms with Gasteiger partial charge in [0.2, 0.25) is 0 Å². The molecule has 0 bridgehead atoms. The summed E-state index contributed by atoms with van der Waals surface area (Å²) in [6.45, 7) is 5.19. The average Bonchev–Trinajstić information content (AvgIpc) is 2.52. The molecule has 0 unspecified atom stereocenters. The summed E-state index contributed by atoms with van der Waals surface area (Å²) in [5.74, 6) is 1.32. The Kier molecular flexibility index (Phi) is 8.47. The number of nitrogens with zero attached hydrogens (tertiary/aromatic N) is 1. The highest BCUT2D eigenvalue weighted by Gasteiger charge is 1.98. The molecule has 0 heterocycles. The number of rotatable bonds is 6. The van der Waals surface area contributed by atoms with Crippen LogP contribution in [0.25, 0.3) is 0 Å². The van der Waals surface area contributed by atoms with E-state index in [1.54, 1.807) is 0 Å². The Morgan fingerprint density at radius 3 is 2.30 bits per heavy atom. The normalized spacial score (nSPS) is 11.0. The molecule has 124 valence electrons. The second kappa shape index (κ2) is 10.1. The maximum absolute atomic E-state index is 5.78. The molecule has 2 aromatic rings. The number of hydrogen-bond donors (Lipinski definition) is 2. The molecule has 0 aliphatic rings. The summed E-state index contributed by atoms with van der Waals surface area (Å²) in [6, 6.07) is 18.3.